The van der Waals surface area contributed by atoms with Crippen molar-refractivity contribution in [2.24, 2.45) is 0 Å². The number of non-ortho nitro benzene ring substituents is 1. The van der Waals surface area contributed by atoms with Gasteiger partial charge in [0, 0.05) is 60.9 Å². The lowest BCUT2D eigenvalue weighted by Crippen LogP contribution is -2.37. The standard InChI is InChI=1S/C19H19N5O3/c25-24(26)18-4-3-17(15-5-7-20-13-16(15)18)22-12-14-2-1-6-21-19(14)23-8-10-27-11-9-23/h1-7,13,22H,8-12H2. The van der Waals surface area contributed by atoms with E-state index >= 15 is 0 Å². The minimum Gasteiger partial charge on any atom is -0.380 e. The predicted octanol–water partition coefficient (Wildman–Crippen LogP) is 2.99. The van der Waals surface area contributed by atoms with Crippen molar-refractivity contribution < 1.29 is 9.66 Å². The van der Waals surface area contributed by atoms with E-state index in [1.807, 2.05) is 12.1 Å². The number of benzene rings is 1. The molecule has 27 heavy (non-hydrogen) atoms. The largest absolute Gasteiger partial charge is 0.380 e. The molecule has 1 aliphatic heterocycles. The number of nitrogens with one attached hydrogen (secondary N) is 1. The van der Waals surface area contributed by atoms with Gasteiger partial charge in [0.2, 0.25) is 0 Å². The molecule has 1 saturated heterocycles. The van der Waals surface area contributed by atoms with E-state index in [2.05, 4.69) is 20.2 Å². The number of anilines is 2. The third kappa shape index (κ3) is 3.52. The first-order valence-corrected chi connectivity index (χ1v) is 8.75. The minimum absolute atomic E-state index is 0.0547. The zero-order chi connectivity index (χ0) is 18.6. The maximum atomic E-state index is 11.3. The van der Waals surface area contributed by atoms with Crippen LogP contribution < -0.4 is 10.2 Å². The molecule has 8 heteroatoms. The van der Waals surface area contributed by atoms with Gasteiger partial charge in [-0.15, -0.1) is 0 Å². The Labute approximate surface area is 156 Å². The van der Waals surface area contributed by atoms with Crippen LogP contribution >= 0.6 is 0 Å². The normalized spacial score (nSPS) is 14.3. The van der Waals surface area contributed by atoms with Crippen LogP contribution in [0.4, 0.5) is 17.2 Å². The summed E-state index contributed by atoms with van der Waals surface area (Å²) in [4.78, 5) is 21.7. The van der Waals surface area contributed by atoms with E-state index < -0.39 is 0 Å². The van der Waals surface area contributed by atoms with E-state index in [1.54, 1.807) is 24.5 Å². The number of pyridine rings is 2. The number of hydrogen-bond donors (Lipinski definition) is 1. The molecule has 3 aromatic rings. The van der Waals surface area contributed by atoms with E-state index in [9.17, 15) is 10.1 Å². The molecule has 3 heterocycles. The van der Waals surface area contributed by atoms with Gasteiger partial charge in [-0.05, 0) is 18.2 Å². The topological polar surface area (TPSA) is 93.4 Å². The zero-order valence-corrected chi connectivity index (χ0v) is 14.7. The van der Waals surface area contributed by atoms with Crippen LogP contribution in [0, 0.1) is 10.1 Å². The Kier molecular flexibility index (Phi) is 4.80. The summed E-state index contributed by atoms with van der Waals surface area (Å²) in [5.74, 6) is 0.946. The SMILES string of the molecule is O=[N+]([O-])c1ccc(NCc2cccnc2N2CCOCC2)c2ccncc12. The first kappa shape index (κ1) is 17.2. The molecule has 0 radical (unpaired) electrons. The summed E-state index contributed by atoms with van der Waals surface area (Å²) in [5, 5.41) is 16.0. The predicted molar refractivity (Wildman–Crippen MR) is 103 cm³/mol. The van der Waals surface area contributed by atoms with Crippen LogP contribution in [0.15, 0.2) is 48.9 Å². The molecular formula is C19H19N5O3. The highest BCUT2D eigenvalue weighted by Gasteiger charge is 2.17. The Morgan fingerprint density at radius 2 is 2.00 bits per heavy atom. The van der Waals surface area contributed by atoms with Crippen molar-refractivity contribution in [1.82, 2.24) is 9.97 Å². The lowest BCUT2D eigenvalue weighted by atomic mass is 10.1. The number of hydrogen-bond acceptors (Lipinski definition) is 7. The second-order valence-corrected chi connectivity index (χ2v) is 6.25. The highest BCUT2D eigenvalue weighted by atomic mass is 16.6. The van der Waals surface area contributed by atoms with Crippen LogP contribution in [-0.4, -0.2) is 41.2 Å². The molecule has 0 aliphatic carbocycles. The van der Waals surface area contributed by atoms with Gasteiger partial charge in [-0.3, -0.25) is 15.1 Å². The molecule has 4 rings (SSSR count). The summed E-state index contributed by atoms with van der Waals surface area (Å²) in [6.45, 7) is 3.59. The van der Waals surface area contributed by atoms with E-state index in [4.69, 9.17) is 4.74 Å². The fraction of sp³-hybridized carbons (Fsp3) is 0.263. The van der Waals surface area contributed by atoms with Crippen molar-refractivity contribution in [3.8, 4) is 0 Å². The smallest absolute Gasteiger partial charge is 0.278 e. The summed E-state index contributed by atoms with van der Waals surface area (Å²) in [6, 6.07) is 9.00. The monoisotopic (exact) mass is 365 g/mol. The van der Waals surface area contributed by atoms with Crippen molar-refractivity contribution >= 4 is 28.0 Å². The third-order valence-corrected chi connectivity index (χ3v) is 4.64. The maximum Gasteiger partial charge on any atom is 0.278 e. The number of morpholine rings is 1. The molecule has 0 amide bonds. The molecule has 0 atom stereocenters. The zero-order valence-electron chi connectivity index (χ0n) is 14.7. The second kappa shape index (κ2) is 7.55. The summed E-state index contributed by atoms with van der Waals surface area (Å²) >= 11 is 0. The van der Waals surface area contributed by atoms with Crippen molar-refractivity contribution in [1.29, 1.82) is 0 Å². The summed E-state index contributed by atoms with van der Waals surface area (Å²) in [7, 11) is 0. The van der Waals surface area contributed by atoms with Crippen LogP contribution in [0.25, 0.3) is 10.8 Å². The fourth-order valence-corrected chi connectivity index (χ4v) is 3.31. The van der Waals surface area contributed by atoms with Crippen LogP contribution in [0.5, 0.6) is 0 Å². The van der Waals surface area contributed by atoms with E-state index in [0.717, 1.165) is 35.5 Å². The van der Waals surface area contributed by atoms with Gasteiger partial charge in [-0.25, -0.2) is 4.98 Å². The number of ether oxygens (including phenoxy) is 1. The van der Waals surface area contributed by atoms with Gasteiger partial charge < -0.3 is 15.0 Å². The molecule has 138 valence electrons. The number of nitro benzene ring substituents is 1. The highest BCUT2D eigenvalue weighted by Crippen LogP contribution is 2.31. The number of nitro groups is 1. The third-order valence-electron chi connectivity index (χ3n) is 4.64. The molecule has 0 bridgehead atoms. The molecule has 1 N–H and O–H groups in total. The highest BCUT2D eigenvalue weighted by molar-refractivity contribution is 5.99. The van der Waals surface area contributed by atoms with E-state index in [0.29, 0.717) is 25.1 Å². The van der Waals surface area contributed by atoms with Crippen LogP contribution in [0.2, 0.25) is 0 Å². The molecule has 1 fully saturated rings. The van der Waals surface area contributed by atoms with Gasteiger partial charge in [0.15, 0.2) is 0 Å². The Morgan fingerprint density at radius 3 is 2.81 bits per heavy atom. The molecule has 1 aromatic carbocycles. The molecule has 2 aromatic heterocycles. The average molecular weight is 365 g/mol. The maximum absolute atomic E-state index is 11.3. The fourth-order valence-electron chi connectivity index (χ4n) is 3.31. The van der Waals surface area contributed by atoms with Gasteiger partial charge in [0.1, 0.15) is 5.82 Å². The minimum atomic E-state index is -0.383. The van der Waals surface area contributed by atoms with Crippen molar-refractivity contribution in [2.75, 3.05) is 36.5 Å². The van der Waals surface area contributed by atoms with Crippen molar-refractivity contribution in [3.63, 3.8) is 0 Å². The number of fused-ring (bicyclic) bond motifs is 1. The number of nitrogens with zero attached hydrogens (tertiary/aromatic N) is 4. The van der Waals surface area contributed by atoms with Crippen LogP contribution in [-0.2, 0) is 11.3 Å². The molecule has 0 saturated carbocycles. The second-order valence-electron chi connectivity index (χ2n) is 6.25. The van der Waals surface area contributed by atoms with Gasteiger partial charge in [-0.2, -0.15) is 0 Å². The van der Waals surface area contributed by atoms with Crippen molar-refractivity contribution in [3.05, 3.63) is 64.6 Å². The quantitative estimate of drug-likeness (QED) is 0.549. The molecule has 1 aliphatic rings. The van der Waals surface area contributed by atoms with Gasteiger partial charge in [0.05, 0.1) is 23.5 Å². The Balaban J connectivity index is 1.61. The first-order chi connectivity index (χ1) is 13.2. The number of aromatic nitrogens is 2. The Hall–Kier alpha value is -3.26. The van der Waals surface area contributed by atoms with E-state index in [-0.39, 0.29) is 10.6 Å². The lowest BCUT2D eigenvalue weighted by molar-refractivity contribution is -0.383. The molecule has 0 spiro atoms. The Bertz CT molecular complexity index is 972. The van der Waals surface area contributed by atoms with Crippen molar-refractivity contribution in [2.45, 2.75) is 6.54 Å². The first-order valence-electron chi connectivity index (χ1n) is 8.75. The summed E-state index contributed by atoms with van der Waals surface area (Å²) in [6.07, 6.45) is 4.96. The average Bonchev–Trinajstić information content (AvgIpc) is 2.72. The van der Waals surface area contributed by atoms with E-state index in [1.165, 1.54) is 12.3 Å². The molecule has 0 unspecified atom stereocenters. The van der Waals surface area contributed by atoms with Gasteiger partial charge in [0.25, 0.3) is 5.69 Å². The summed E-state index contributed by atoms with van der Waals surface area (Å²) < 4.78 is 5.42. The van der Waals surface area contributed by atoms with Crippen LogP contribution in [0.1, 0.15) is 5.56 Å². The van der Waals surface area contributed by atoms with Gasteiger partial charge >= 0.3 is 0 Å². The van der Waals surface area contributed by atoms with Gasteiger partial charge in [-0.1, -0.05) is 6.07 Å². The number of rotatable bonds is 5. The molecule has 8 nitrogen and oxygen atoms in total. The summed E-state index contributed by atoms with van der Waals surface area (Å²) in [5.41, 5.74) is 1.95. The van der Waals surface area contributed by atoms with Crippen LogP contribution in [0.3, 0.4) is 0 Å². The molecular weight excluding hydrogens is 346 g/mol. The lowest BCUT2D eigenvalue weighted by Gasteiger charge is -2.29. The Morgan fingerprint density at radius 1 is 1.15 bits per heavy atom.